The normalized spacial score (nSPS) is 12.5. The summed E-state index contributed by atoms with van der Waals surface area (Å²) in [7, 11) is 0.845. The van der Waals surface area contributed by atoms with E-state index in [-0.39, 0.29) is 29.0 Å². The number of nitrogens with zero attached hydrogens (tertiary/aromatic N) is 1. The van der Waals surface area contributed by atoms with E-state index in [9.17, 15) is 13.2 Å². The summed E-state index contributed by atoms with van der Waals surface area (Å²) in [6.07, 6.45) is 0. The third kappa shape index (κ3) is 5.21. The molecule has 2 rings (SSSR count). The number of hydrogen-bond donors (Lipinski definition) is 1. The lowest BCUT2D eigenvalue weighted by Crippen LogP contribution is -2.37. The molecule has 1 amide bonds. The lowest BCUT2D eigenvalue weighted by Gasteiger charge is -2.17. The number of methoxy groups -OCH3 is 1. The number of benzene rings is 2. The number of sulfonamides is 1. The Morgan fingerprint density at radius 2 is 1.78 bits per heavy atom. The second-order valence-corrected chi connectivity index (χ2v) is 8.30. The predicted molar refractivity (Wildman–Crippen MR) is 103 cm³/mol. The standard InChI is InChI=1S/C19H24N2O5S/c1-14(13-26-18-11-6-5-10-17(18)25-4)20-19(22)15-8-7-9-16(12-15)27(23,24)21(2)3/h5-12,14H,13H2,1-4H3,(H,20,22). The molecule has 2 aromatic carbocycles. The third-order valence-corrected chi connectivity index (χ3v) is 5.62. The number of carbonyl (C=O) groups is 1. The van der Waals surface area contributed by atoms with Crippen LogP contribution >= 0.6 is 0 Å². The molecule has 1 atom stereocenters. The van der Waals surface area contributed by atoms with Gasteiger partial charge in [-0.15, -0.1) is 0 Å². The fraction of sp³-hybridized carbons (Fsp3) is 0.316. The number of ether oxygens (including phenoxy) is 2. The van der Waals surface area contributed by atoms with Gasteiger partial charge in [0.15, 0.2) is 11.5 Å². The summed E-state index contributed by atoms with van der Waals surface area (Å²) in [5.74, 6) is 0.819. The number of amides is 1. The van der Waals surface area contributed by atoms with Crippen LogP contribution in [-0.4, -0.2) is 52.5 Å². The number of nitrogens with one attached hydrogen (secondary N) is 1. The predicted octanol–water partition coefficient (Wildman–Crippen LogP) is 2.14. The van der Waals surface area contributed by atoms with Crippen LogP contribution in [0.25, 0.3) is 0 Å². The van der Waals surface area contributed by atoms with Crippen LogP contribution in [0.15, 0.2) is 53.4 Å². The average Bonchev–Trinajstić information content (AvgIpc) is 2.66. The van der Waals surface area contributed by atoms with Crippen molar-refractivity contribution in [1.82, 2.24) is 9.62 Å². The molecule has 0 aliphatic rings. The lowest BCUT2D eigenvalue weighted by atomic mass is 10.2. The second-order valence-electron chi connectivity index (χ2n) is 6.15. The van der Waals surface area contributed by atoms with Gasteiger partial charge in [-0.05, 0) is 37.3 Å². The van der Waals surface area contributed by atoms with E-state index in [0.29, 0.717) is 11.5 Å². The van der Waals surface area contributed by atoms with Crippen LogP contribution in [0.3, 0.4) is 0 Å². The Hall–Kier alpha value is -2.58. The van der Waals surface area contributed by atoms with E-state index in [1.165, 1.54) is 26.2 Å². The van der Waals surface area contributed by atoms with E-state index in [4.69, 9.17) is 9.47 Å². The number of hydrogen-bond acceptors (Lipinski definition) is 5. The Morgan fingerprint density at radius 3 is 2.41 bits per heavy atom. The maximum atomic E-state index is 12.4. The fourth-order valence-corrected chi connectivity index (χ4v) is 3.26. The smallest absolute Gasteiger partial charge is 0.251 e. The number of para-hydroxylation sites is 2. The van der Waals surface area contributed by atoms with Gasteiger partial charge in [-0.2, -0.15) is 0 Å². The zero-order valence-corrected chi connectivity index (χ0v) is 16.6. The summed E-state index contributed by atoms with van der Waals surface area (Å²) in [5.41, 5.74) is 0.266. The van der Waals surface area contributed by atoms with E-state index < -0.39 is 10.0 Å². The van der Waals surface area contributed by atoms with E-state index in [2.05, 4.69) is 5.32 Å². The molecular weight excluding hydrogens is 368 g/mol. The largest absolute Gasteiger partial charge is 0.493 e. The Balaban J connectivity index is 2.02. The Morgan fingerprint density at radius 1 is 1.11 bits per heavy atom. The van der Waals surface area contributed by atoms with Crippen molar-refractivity contribution in [3.63, 3.8) is 0 Å². The summed E-state index contributed by atoms with van der Waals surface area (Å²) in [4.78, 5) is 12.5. The molecule has 0 aliphatic carbocycles. The summed E-state index contributed by atoms with van der Waals surface area (Å²) in [6.45, 7) is 2.04. The lowest BCUT2D eigenvalue weighted by molar-refractivity contribution is 0.0926. The molecule has 0 radical (unpaired) electrons. The third-order valence-electron chi connectivity index (χ3n) is 3.81. The molecule has 1 N–H and O–H groups in total. The molecule has 0 saturated heterocycles. The van der Waals surface area contributed by atoms with Gasteiger partial charge in [0.25, 0.3) is 5.91 Å². The Kier molecular flexibility index (Phi) is 6.81. The van der Waals surface area contributed by atoms with Crippen LogP contribution in [0, 0.1) is 0 Å². The zero-order valence-electron chi connectivity index (χ0n) is 15.8. The average molecular weight is 392 g/mol. The van der Waals surface area contributed by atoms with Gasteiger partial charge in [0.1, 0.15) is 6.61 Å². The SMILES string of the molecule is COc1ccccc1OCC(C)NC(=O)c1cccc(S(=O)(=O)N(C)C)c1. The summed E-state index contributed by atoms with van der Waals surface area (Å²) < 4.78 is 36.4. The minimum Gasteiger partial charge on any atom is -0.493 e. The highest BCUT2D eigenvalue weighted by Crippen LogP contribution is 2.25. The van der Waals surface area contributed by atoms with Crippen LogP contribution in [-0.2, 0) is 10.0 Å². The molecule has 0 aromatic heterocycles. The van der Waals surface area contributed by atoms with Crippen molar-refractivity contribution >= 4 is 15.9 Å². The van der Waals surface area contributed by atoms with Crippen molar-refractivity contribution in [3.05, 3.63) is 54.1 Å². The summed E-state index contributed by atoms with van der Waals surface area (Å²) in [6, 6.07) is 12.9. The van der Waals surface area contributed by atoms with Gasteiger partial charge in [-0.25, -0.2) is 12.7 Å². The second kappa shape index (κ2) is 8.88. The van der Waals surface area contributed by atoms with Crippen molar-refractivity contribution in [2.24, 2.45) is 0 Å². The minimum absolute atomic E-state index is 0.0677. The van der Waals surface area contributed by atoms with Crippen molar-refractivity contribution in [1.29, 1.82) is 0 Å². The maximum Gasteiger partial charge on any atom is 0.251 e. The van der Waals surface area contributed by atoms with E-state index in [0.717, 1.165) is 4.31 Å². The van der Waals surface area contributed by atoms with E-state index in [1.54, 1.807) is 38.3 Å². The van der Waals surface area contributed by atoms with Crippen molar-refractivity contribution in [2.75, 3.05) is 27.8 Å². The van der Waals surface area contributed by atoms with Crippen LogP contribution in [0.1, 0.15) is 17.3 Å². The molecule has 0 heterocycles. The van der Waals surface area contributed by atoms with Crippen molar-refractivity contribution in [3.8, 4) is 11.5 Å². The van der Waals surface area contributed by atoms with Gasteiger partial charge in [0.05, 0.1) is 18.0 Å². The van der Waals surface area contributed by atoms with Crippen molar-refractivity contribution < 1.29 is 22.7 Å². The van der Waals surface area contributed by atoms with Gasteiger partial charge >= 0.3 is 0 Å². The highest BCUT2D eigenvalue weighted by Gasteiger charge is 2.19. The number of rotatable bonds is 8. The zero-order chi connectivity index (χ0) is 20.0. The Labute approximate surface area is 160 Å². The molecule has 7 nitrogen and oxygen atoms in total. The van der Waals surface area contributed by atoms with Crippen LogP contribution in [0.5, 0.6) is 11.5 Å². The number of carbonyl (C=O) groups excluding carboxylic acids is 1. The first-order valence-corrected chi connectivity index (χ1v) is 9.79. The molecule has 0 bridgehead atoms. The van der Waals surface area contributed by atoms with E-state index in [1.807, 2.05) is 12.1 Å². The van der Waals surface area contributed by atoms with Crippen LogP contribution in [0.4, 0.5) is 0 Å². The van der Waals surface area contributed by atoms with Crippen LogP contribution < -0.4 is 14.8 Å². The highest BCUT2D eigenvalue weighted by molar-refractivity contribution is 7.89. The van der Waals surface area contributed by atoms with Crippen LogP contribution in [0.2, 0.25) is 0 Å². The van der Waals surface area contributed by atoms with Gasteiger partial charge in [0, 0.05) is 19.7 Å². The molecular formula is C19H24N2O5S. The van der Waals surface area contributed by atoms with E-state index >= 15 is 0 Å². The van der Waals surface area contributed by atoms with Gasteiger partial charge in [-0.3, -0.25) is 4.79 Å². The first kappa shape index (κ1) is 20.7. The molecule has 146 valence electrons. The molecule has 0 spiro atoms. The highest BCUT2D eigenvalue weighted by atomic mass is 32.2. The monoisotopic (exact) mass is 392 g/mol. The van der Waals surface area contributed by atoms with Gasteiger partial charge < -0.3 is 14.8 Å². The summed E-state index contributed by atoms with van der Waals surface area (Å²) in [5, 5.41) is 2.80. The topological polar surface area (TPSA) is 84.9 Å². The molecule has 1 unspecified atom stereocenters. The minimum atomic E-state index is -3.60. The molecule has 8 heteroatoms. The molecule has 0 aliphatic heterocycles. The summed E-state index contributed by atoms with van der Waals surface area (Å²) >= 11 is 0. The molecule has 0 saturated carbocycles. The molecule has 2 aromatic rings. The Bertz CT molecular complexity index is 896. The first-order valence-electron chi connectivity index (χ1n) is 8.35. The maximum absolute atomic E-state index is 12.4. The first-order chi connectivity index (χ1) is 12.8. The molecule has 0 fully saturated rings. The molecule has 27 heavy (non-hydrogen) atoms. The van der Waals surface area contributed by atoms with Crippen molar-refractivity contribution in [2.45, 2.75) is 17.9 Å². The van der Waals surface area contributed by atoms with Gasteiger partial charge in [0.2, 0.25) is 10.0 Å². The fourth-order valence-electron chi connectivity index (χ4n) is 2.31. The quantitative estimate of drug-likeness (QED) is 0.744. The van der Waals surface area contributed by atoms with Gasteiger partial charge in [-0.1, -0.05) is 18.2 Å².